The molecule has 4 rings (SSSR count). The summed E-state index contributed by atoms with van der Waals surface area (Å²) in [7, 11) is 0. The van der Waals surface area contributed by atoms with E-state index >= 15 is 0 Å². The first-order valence-corrected chi connectivity index (χ1v) is 9.89. The Kier molecular flexibility index (Phi) is 5.18. The van der Waals surface area contributed by atoms with Crippen molar-refractivity contribution in [3.8, 4) is 0 Å². The Labute approximate surface area is 175 Å². The molecule has 0 fully saturated rings. The number of para-hydroxylation sites is 1. The SMILES string of the molecule is Cc1cc(C)n2nc(C(=O)Nc3ccc(N(c4ccccc4)C(C)C)cc3)nc2n1. The van der Waals surface area contributed by atoms with Crippen molar-refractivity contribution in [3.63, 3.8) is 0 Å². The Bertz CT molecular complexity index is 1180. The predicted octanol–water partition coefficient (Wildman–Crippen LogP) is 4.54. The standard InChI is InChI=1S/C23H24N6O/c1-15(2)28(19-8-6-5-7-9-19)20-12-10-18(11-13-20)25-22(30)21-26-23-24-16(3)14-17(4)29(23)27-21/h5-15H,1-4H3,(H,25,30). The summed E-state index contributed by atoms with van der Waals surface area (Å²) in [6, 6.07) is 20.2. The minimum absolute atomic E-state index is 0.0911. The number of aryl methyl sites for hydroxylation is 2. The third-order valence-electron chi connectivity index (χ3n) is 4.78. The third kappa shape index (κ3) is 3.87. The summed E-state index contributed by atoms with van der Waals surface area (Å²) in [5.74, 6) is 0.144. The second-order valence-corrected chi connectivity index (χ2v) is 7.49. The molecule has 0 saturated carbocycles. The third-order valence-corrected chi connectivity index (χ3v) is 4.78. The average molecular weight is 400 g/mol. The molecule has 4 aromatic rings. The first kappa shape index (κ1) is 19.6. The molecule has 7 heteroatoms. The van der Waals surface area contributed by atoms with Crippen LogP contribution in [0.3, 0.4) is 0 Å². The predicted molar refractivity (Wildman–Crippen MR) is 118 cm³/mol. The van der Waals surface area contributed by atoms with Crippen molar-refractivity contribution in [2.45, 2.75) is 33.7 Å². The number of amides is 1. The Morgan fingerprint density at radius 1 is 0.967 bits per heavy atom. The van der Waals surface area contributed by atoms with Gasteiger partial charge in [0.25, 0.3) is 11.7 Å². The number of rotatable bonds is 5. The number of carbonyl (C=O) groups is 1. The van der Waals surface area contributed by atoms with Crippen molar-refractivity contribution in [2.75, 3.05) is 10.2 Å². The number of hydrogen-bond donors (Lipinski definition) is 1. The van der Waals surface area contributed by atoms with Gasteiger partial charge in [-0.1, -0.05) is 18.2 Å². The van der Waals surface area contributed by atoms with Gasteiger partial charge in [-0.25, -0.2) is 9.50 Å². The highest BCUT2D eigenvalue weighted by atomic mass is 16.2. The molecule has 0 aliphatic carbocycles. The molecule has 7 nitrogen and oxygen atoms in total. The topological polar surface area (TPSA) is 75.4 Å². The first-order valence-electron chi connectivity index (χ1n) is 9.89. The summed E-state index contributed by atoms with van der Waals surface area (Å²) < 4.78 is 1.57. The van der Waals surface area contributed by atoms with E-state index in [1.54, 1.807) is 4.52 Å². The molecule has 1 amide bonds. The van der Waals surface area contributed by atoms with Crippen molar-refractivity contribution < 1.29 is 4.79 Å². The lowest BCUT2D eigenvalue weighted by Gasteiger charge is -2.29. The molecule has 2 heterocycles. The highest BCUT2D eigenvalue weighted by Gasteiger charge is 2.16. The van der Waals surface area contributed by atoms with Gasteiger partial charge in [-0.15, -0.1) is 5.10 Å². The van der Waals surface area contributed by atoms with Gasteiger partial charge in [0.2, 0.25) is 5.82 Å². The number of benzene rings is 2. The zero-order chi connectivity index (χ0) is 21.3. The summed E-state index contributed by atoms with van der Waals surface area (Å²) in [6.07, 6.45) is 0. The van der Waals surface area contributed by atoms with Gasteiger partial charge in [0, 0.05) is 34.5 Å². The summed E-state index contributed by atoms with van der Waals surface area (Å²) in [5, 5.41) is 7.15. The molecule has 2 aromatic heterocycles. The smallest absolute Gasteiger partial charge is 0.295 e. The summed E-state index contributed by atoms with van der Waals surface area (Å²) in [5.41, 5.74) is 4.57. The normalized spacial score (nSPS) is 11.1. The number of nitrogens with zero attached hydrogens (tertiary/aromatic N) is 5. The number of carbonyl (C=O) groups excluding carboxylic acids is 1. The van der Waals surface area contributed by atoms with Crippen LogP contribution in [0.1, 0.15) is 35.9 Å². The van der Waals surface area contributed by atoms with Crippen LogP contribution in [0, 0.1) is 13.8 Å². The number of fused-ring (bicyclic) bond motifs is 1. The van der Waals surface area contributed by atoms with Crippen LogP contribution in [-0.2, 0) is 0 Å². The molecule has 152 valence electrons. The van der Waals surface area contributed by atoms with Crippen LogP contribution in [0.2, 0.25) is 0 Å². The molecule has 0 radical (unpaired) electrons. The van der Waals surface area contributed by atoms with E-state index in [4.69, 9.17) is 0 Å². The van der Waals surface area contributed by atoms with Crippen LogP contribution < -0.4 is 10.2 Å². The molecule has 0 unspecified atom stereocenters. The fourth-order valence-corrected chi connectivity index (χ4v) is 3.49. The van der Waals surface area contributed by atoms with Crippen molar-refractivity contribution >= 4 is 28.7 Å². The van der Waals surface area contributed by atoms with E-state index in [0.717, 1.165) is 22.8 Å². The molecular formula is C23H24N6O. The maximum atomic E-state index is 12.6. The van der Waals surface area contributed by atoms with Gasteiger partial charge in [-0.05, 0) is 70.2 Å². The van der Waals surface area contributed by atoms with Gasteiger partial charge in [0.05, 0.1) is 0 Å². The second kappa shape index (κ2) is 7.94. The Morgan fingerprint density at radius 3 is 2.30 bits per heavy atom. The average Bonchev–Trinajstić information content (AvgIpc) is 3.15. The number of nitrogens with one attached hydrogen (secondary N) is 1. The zero-order valence-electron chi connectivity index (χ0n) is 17.5. The summed E-state index contributed by atoms with van der Waals surface area (Å²) in [6.45, 7) is 8.09. The number of anilines is 3. The Balaban J connectivity index is 1.54. The lowest BCUT2D eigenvalue weighted by Crippen LogP contribution is -2.25. The fourth-order valence-electron chi connectivity index (χ4n) is 3.49. The molecule has 0 atom stereocenters. The van der Waals surface area contributed by atoms with Crippen molar-refractivity contribution in [1.82, 2.24) is 19.6 Å². The van der Waals surface area contributed by atoms with Crippen LogP contribution in [0.15, 0.2) is 60.7 Å². The van der Waals surface area contributed by atoms with Gasteiger partial charge in [-0.3, -0.25) is 4.79 Å². The number of hydrogen-bond acceptors (Lipinski definition) is 5. The molecule has 0 spiro atoms. The van der Waals surface area contributed by atoms with E-state index in [2.05, 4.69) is 51.3 Å². The molecule has 1 N–H and O–H groups in total. The van der Waals surface area contributed by atoms with Crippen LogP contribution in [0.25, 0.3) is 5.78 Å². The molecule has 0 saturated heterocycles. The fraction of sp³-hybridized carbons (Fsp3) is 0.217. The maximum absolute atomic E-state index is 12.6. The number of aromatic nitrogens is 4. The van der Waals surface area contributed by atoms with Crippen LogP contribution in [-0.4, -0.2) is 31.5 Å². The van der Waals surface area contributed by atoms with Crippen molar-refractivity contribution in [1.29, 1.82) is 0 Å². The van der Waals surface area contributed by atoms with E-state index in [1.165, 1.54) is 0 Å². The van der Waals surface area contributed by atoms with Gasteiger partial charge in [0.1, 0.15) is 0 Å². The molecule has 2 aromatic carbocycles. The van der Waals surface area contributed by atoms with Crippen molar-refractivity contribution in [3.05, 3.63) is 77.9 Å². The largest absolute Gasteiger partial charge is 0.339 e. The van der Waals surface area contributed by atoms with Crippen LogP contribution >= 0.6 is 0 Å². The van der Waals surface area contributed by atoms with E-state index in [0.29, 0.717) is 11.5 Å². The van der Waals surface area contributed by atoms with Crippen LogP contribution in [0.4, 0.5) is 17.1 Å². The van der Waals surface area contributed by atoms with E-state index in [-0.39, 0.29) is 17.8 Å². The van der Waals surface area contributed by atoms with Gasteiger partial charge >= 0.3 is 0 Å². The lowest BCUT2D eigenvalue weighted by molar-refractivity contribution is 0.101. The summed E-state index contributed by atoms with van der Waals surface area (Å²) in [4.78, 5) is 23.5. The quantitative estimate of drug-likeness (QED) is 0.532. The minimum atomic E-state index is -0.367. The summed E-state index contributed by atoms with van der Waals surface area (Å²) >= 11 is 0. The molecule has 0 aliphatic heterocycles. The van der Waals surface area contributed by atoms with Gasteiger partial charge in [0.15, 0.2) is 0 Å². The first-order chi connectivity index (χ1) is 14.4. The van der Waals surface area contributed by atoms with Crippen LogP contribution in [0.5, 0.6) is 0 Å². The highest BCUT2D eigenvalue weighted by Crippen LogP contribution is 2.28. The molecular weight excluding hydrogens is 376 g/mol. The second-order valence-electron chi connectivity index (χ2n) is 7.49. The maximum Gasteiger partial charge on any atom is 0.295 e. The monoisotopic (exact) mass is 400 g/mol. The van der Waals surface area contributed by atoms with Crippen molar-refractivity contribution in [2.24, 2.45) is 0 Å². The lowest BCUT2D eigenvalue weighted by atomic mass is 10.2. The minimum Gasteiger partial charge on any atom is -0.339 e. The highest BCUT2D eigenvalue weighted by molar-refractivity contribution is 6.01. The Morgan fingerprint density at radius 2 is 1.63 bits per heavy atom. The van der Waals surface area contributed by atoms with Gasteiger partial charge in [-0.2, -0.15) is 4.98 Å². The molecule has 0 aliphatic rings. The van der Waals surface area contributed by atoms with E-state index in [9.17, 15) is 4.79 Å². The van der Waals surface area contributed by atoms with E-state index in [1.807, 2.05) is 62.4 Å². The van der Waals surface area contributed by atoms with Gasteiger partial charge < -0.3 is 10.2 Å². The Hall–Kier alpha value is -3.74. The molecule has 30 heavy (non-hydrogen) atoms. The zero-order valence-corrected chi connectivity index (χ0v) is 17.5. The van der Waals surface area contributed by atoms with E-state index < -0.39 is 0 Å². The molecule has 0 bridgehead atoms.